The van der Waals surface area contributed by atoms with Crippen molar-refractivity contribution in [3.8, 4) is 5.88 Å². The fourth-order valence-electron chi connectivity index (χ4n) is 2.03. The van der Waals surface area contributed by atoms with E-state index in [1.807, 2.05) is 12.1 Å². The van der Waals surface area contributed by atoms with E-state index in [4.69, 9.17) is 10.5 Å². The predicted octanol–water partition coefficient (Wildman–Crippen LogP) is 2.92. The highest BCUT2D eigenvalue weighted by Gasteiger charge is 2.15. The fourth-order valence-corrected chi connectivity index (χ4v) is 2.03. The van der Waals surface area contributed by atoms with Crippen molar-refractivity contribution in [1.29, 1.82) is 0 Å². The summed E-state index contributed by atoms with van der Waals surface area (Å²) in [7, 11) is 1.63. The van der Waals surface area contributed by atoms with Gasteiger partial charge in [0, 0.05) is 17.8 Å². The molecule has 2 N–H and O–H groups in total. The molecule has 0 bridgehead atoms. The van der Waals surface area contributed by atoms with Crippen LogP contribution in [0.5, 0.6) is 5.88 Å². The minimum absolute atomic E-state index is 0.0187. The van der Waals surface area contributed by atoms with Crippen molar-refractivity contribution in [1.82, 2.24) is 4.98 Å². The largest absolute Gasteiger partial charge is 0.481 e. The quantitative estimate of drug-likeness (QED) is 0.805. The Kier molecular flexibility index (Phi) is 5.26. The second-order valence-corrected chi connectivity index (χ2v) is 4.34. The second-order valence-electron chi connectivity index (χ2n) is 4.34. The monoisotopic (exact) mass is 222 g/mol. The first-order chi connectivity index (χ1) is 7.69. The average molecular weight is 222 g/mol. The summed E-state index contributed by atoms with van der Waals surface area (Å²) < 4.78 is 5.22. The van der Waals surface area contributed by atoms with E-state index in [0.29, 0.717) is 11.8 Å². The van der Waals surface area contributed by atoms with Gasteiger partial charge in [0.1, 0.15) is 0 Å². The molecule has 0 saturated heterocycles. The highest BCUT2D eigenvalue weighted by Crippen LogP contribution is 2.26. The average Bonchev–Trinajstić information content (AvgIpc) is 2.29. The summed E-state index contributed by atoms with van der Waals surface area (Å²) in [5, 5.41) is 0. The topological polar surface area (TPSA) is 48.1 Å². The van der Waals surface area contributed by atoms with Gasteiger partial charge in [0.15, 0.2) is 0 Å². The molecule has 90 valence electrons. The lowest BCUT2D eigenvalue weighted by molar-refractivity contribution is 0.377. The SMILES string of the molecule is CCCC(C)CC(N)c1cccnc1OC. The maximum atomic E-state index is 6.18. The molecule has 1 aromatic heterocycles. The van der Waals surface area contributed by atoms with Gasteiger partial charge >= 0.3 is 0 Å². The number of ether oxygens (including phenoxy) is 1. The van der Waals surface area contributed by atoms with Gasteiger partial charge in [0.2, 0.25) is 5.88 Å². The van der Waals surface area contributed by atoms with Gasteiger partial charge in [-0.25, -0.2) is 4.98 Å². The Balaban J connectivity index is 2.68. The molecule has 0 saturated carbocycles. The van der Waals surface area contributed by atoms with Gasteiger partial charge in [-0.3, -0.25) is 0 Å². The van der Waals surface area contributed by atoms with Gasteiger partial charge in [-0.1, -0.05) is 32.8 Å². The van der Waals surface area contributed by atoms with Gasteiger partial charge in [0.05, 0.1) is 7.11 Å². The second kappa shape index (κ2) is 6.48. The molecule has 0 fully saturated rings. The van der Waals surface area contributed by atoms with Gasteiger partial charge in [0.25, 0.3) is 0 Å². The van der Waals surface area contributed by atoms with Gasteiger partial charge < -0.3 is 10.5 Å². The number of rotatable bonds is 6. The third kappa shape index (κ3) is 3.49. The van der Waals surface area contributed by atoms with Crippen molar-refractivity contribution in [2.45, 2.75) is 39.2 Å². The molecule has 16 heavy (non-hydrogen) atoms. The van der Waals surface area contributed by atoms with Gasteiger partial charge in [-0.15, -0.1) is 0 Å². The molecule has 1 rings (SSSR count). The van der Waals surface area contributed by atoms with Crippen LogP contribution >= 0.6 is 0 Å². The third-order valence-electron chi connectivity index (χ3n) is 2.83. The Labute approximate surface area is 98.0 Å². The number of nitrogens with two attached hydrogens (primary N) is 1. The van der Waals surface area contributed by atoms with Crippen molar-refractivity contribution in [3.05, 3.63) is 23.9 Å². The van der Waals surface area contributed by atoms with E-state index in [2.05, 4.69) is 18.8 Å². The zero-order chi connectivity index (χ0) is 12.0. The van der Waals surface area contributed by atoms with Crippen LogP contribution in [-0.2, 0) is 0 Å². The zero-order valence-corrected chi connectivity index (χ0v) is 10.4. The van der Waals surface area contributed by atoms with Crippen LogP contribution in [0.15, 0.2) is 18.3 Å². The number of hydrogen-bond acceptors (Lipinski definition) is 3. The van der Waals surface area contributed by atoms with Crippen LogP contribution in [0, 0.1) is 5.92 Å². The van der Waals surface area contributed by atoms with E-state index in [1.165, 1.54) is 12.8 Å². The van der Waals surface area contributed by atoms with E-state index in [9.17, 15) is 0 Å². The first kappa shape index (κ1) is 13.0. The van der Waals surface area contributed by atoms with Crippen LogP contribution in [-0.4, -0.2) is 12.1 Å². The van der Waals surface area contributed by atoms with E-state index >= 15 is 0 Å². The first-order valence-electron chi connectivity index (χ1n) is 5.93. The van der Waals surface area contributed by atoms with Gasteiger partial charge in [-0.05, 0) is 18.4 Å². The summed E-state index contributed by atoms with van der Waals surface area (Å²) in [6.07, 6.45) is 5.13. The maximum Gasteiger partial charge on any atom is 0.217 e. The van der Waals surface area contributed by atoms with Crippen molar-refractivity contribution >= 4 is 0 Å². The van der Waals surface area contributed by atoms with Crippen LogP contribution in [0.25, 0.3) is 0 Å². The van der Waals surface area contributed by atoms with Crippen molar-refractivity contribution in [3.63, 3.8) is 0 Å². The van der Waals surface area contributed by atoms with Crippen LogP contribution < -0.4 is 10.5 Å². The lowest BCUT2D eigenvalue weighted by atomic mass is 9.94. The molecule has 0 aliphatic carbocycles. The van der Waals surface area contributed by atoms with E-state index < -0.39 is 0 Å². The highest BCUT2D eigenvalue weighted by molar-refractivity contribution is 5.28. The Bertz CT molecular complexity index is 315. The molecule has 1 aromatic rings. The molecule has 0 radical (unpaired) electrons. The van der Waals surface area contributed by atoms with E-state index in [0.717, 1.165) is 12.0 Å². The normalized spacial score (nSPS) is 14.5. The minimum Gasteiger partial charge on any atom is -0.481 e. The standard InChI is InChI=1S/C13H22N2O/c1-4-6-10(2)9-12(14)11-7-5-8-15-13(11)16-3/h5,7-8,10,12H,4,6,9,14H2,1-3H3. The Morgan fingerprint density at radius 3 is 2.88 bits per heavy atom. The minimum atomic E-state index is 0.0187. The van der Waals surface area contributed by atoms with Crippen molar-refractivity contribution in [2.75, 3.05) is 7.11 Å². The Morgan fingerprint density at radius 1 is 1.50 bits per heavy atom. The number of nitrogens with zero attached hydrogens (tertiary/aromatic N) is 1. The van der Waals surface area contributed by atoms with Crippen LogP contribution in [0.1, 0.15) is 44.7 Å². The summed E-state index contributed by atoms with van der Waals surface area (Å²) >= 11 is 0. The molecule has 1 heterocycles. The van der Waals surface area contributed by atoms with Crippen molar-refractivity contribution in [2.24, 2.45) is 11.7 Å². The third-order valence-corrected chi connectivity index (χ3v) is 2.83. The molecule has 3 heteroatoms. The Hall–Kier alpha value is -1.09. The summed E-state index contributed by atoms with van der Waals surface area (Å²) in [4.78, 5) is 4.17. The fraction of sp³-hybridized carbons (Fsp3) is 0.615. The highest BCUT2D eigenvalue weighted by atomic mass is 16.5. The zero-order valence-electron chi connectivity index (χ0n) is 10.4. The van der Waals surface area contributed by atoms with E-state index in [-0.39, 0.29) is 6.04 Å². The molecule has 0 amide bonds. The molecule has 2 unspecified atom stereocenters. The summed E-state index contributed by atoms with van der Waals surface area (Å²) in [6.45, 7) is 4.44. The van der Waals surface area contributed by atoms with E-state index in [1.54, 1.807) is 13.3 Å². The molecular weight excluding hydrogens is 200 g/mol. The molecule has 0 aliphatic rings. The lowest BCUT2D eigenvalue weighted by Gasteiger charge is -2.18. The smallest absolute Gasteiger partial charge is 0.217 e. The predicted molar refractivity (Wildman–Crippen MR) is 66.4 cm³/mol. The lowest BCUT2D eigenvalue weighted by Crippen LogP contribution is -2.15. The summed E-state index contributed by atoms with van der Waals surface area (Å²) in [5.74, 6) is 1.30. The van der Waals surface area contributed by atoms with Crippen LogP contribution in [0.2, 0.25) is 0 Å². The first-order valence-corrected chi connectivity index (χ1v) is 5.93. The number of methoxy groups -OCH3 is 1. The van der Waals surface area contributed by atoms with Crippen molar-refractivity contribution < 1.29 is 4.74 Å². The number of hydrogen-bond donors (Lipinski definition) is 1. The molecule has 0 spiro atoms. The van der Waals surface area contributed by atoms with Crippen LogP contribution in [0.3, 0.4) is 0 Å². The summed E-state index contributed by atoms with van der Waals surface area (Å²) in [6, 6.07) is 3.92. The van der Waals surface area contributed by atoms with Gasteiger partial charge in [-0.2, -0.15) is 0 Å². The molecular formula is C13H22N2O. The molecule has 0 aliphatic heterocycles. The van der Waals surface area contributed by atoms with Crippen LogP contribution in [0.4, 0.5) is 0 Å². The number of pyridine rings is 1. The number of aromatic nitrogens is 1. The molecule has 3 nitrogen and oxygen atoms in total. The maximum absolute atomic E-state index is 6.18. The summed E-state index contributed by atoms with van der Waals surface area (Å²) in [5.41, 5.74) is 7.19. The Morgan fingerprint density at radius 2 is 2.25 bits per heavy atom. The molecule has 0 aromatic carbocycles. The molecule has 2 atom stereocenters.